The van der Waals surface area contributed by atoms with Gasteiger partial charge in [-0.15, -0.1) is 0 Å². The Morgan fingerprint density at radius 2 is 2.00 bits per heavy atom. The molecule has 2 N–H and O–H groups in total. The Bertz CT molecular complexity index is 494. The van der Waals surface area contributed by atoms with Crippen molar-refractivity contribution in [1.82, 2.24) is 10.6 Å². The Morgan fingerprint density at radius 1 is 1.26 bits per heavy atom. The summed E-state index contributed by atoms with van der Waals surface area (Å²) >= 11 is 0. The van der Waals surface area contributed by atoms with Crippen molar-refractivity contribution in [2.75, 3.05) is 0 Å². The second-order valence-corrected chi connectivity index (χ2v) is 5.45. The standard InChI is InChI=1S/C15H18N2O2/c18-13-8-7-12(16-13)14(19)17-15(9-4-10-15)11-5-2-1-3-6-11/h1-3,5-6,12H,4,7-10H2,(H,16,18)(H,17,19). The SMILES string of the molecule is O=C1CCC(C(=O)NC2(c3ccccc3)CCC2)N1. The molecule has 2 amide bonds. The highest BCUT2D eigenvalue weighted by Crippen LogP contribution is 2.41. The number of amides is 2. The minimum absolute atomic E-state index is 0.0254. The van der Waals surface area contributed by atoms with Crippen molar-refractivity contribution in [3.63, 3.8) is 0 Å². The van der Waals surface area contributed by atoms with E-state index in [1.807, 2.05) is 18.2 Å². The molecule has 1 aromatic carbocycles. The normalized spacial score (nSPS) is 24.4. The fourth-order valence-corrected chi connectivity index (χ4v) is 2.91. The first-order valence-corrected chi connectivity index (χ1v) is 6.87. The lowest BCUT2D eigenvalue weighted by atomic mass is 9.71. The van der Waals surface area contributed by atoms with Crippen molar-refractivity contribution in [1.29, 1.82) is 0 Å². The molecule has 1 aliphatic heterocycles. The van der Waals surface area contributed by atoms with Crippen LogP contribution in [0.3, 0.4) is 0 Å². The Balaban J connectivity index is 1.73. The molecule has 1 heterocycles. The second kappa shape index (κ2) is 4.68. The summed E-state index contributed by atoms with van der Waals surface area (Å²) in [4.78, 5) is 23.4. The van der Waals surface area contributed by atoms with Crippen molar-refractivity contribution in [2.24, 2.45) is 0 Å². The molecule has 0 radical (unpaired) electrons. The number of hydrogen-bond acceptors (Lipinski definition) is 2. The third-order valence-corrected chi connectivity index (χ3v) is 4.21. The molecule has 1 aromatic rings. The number of carbonyl (C=O) groups excluding carboxylic acids is 2. The summed E-state index contributed by atoms with van der Waals surface area (Å²) < 4.78 is 0. The Morgan fingerprint density at radius 3 is 2.53 bits per heavy atom. The third kappa shape index (κ3) is 2.23. The van der Waals surface area contributed by atoms with Crippen LogP contribution in [0, 0.1) is 0 Å². The van der Waals surface area contributed by atoms with Gasteiger partial charge >= 0.3 is 0 Å². The molecule has 0 bridgehead atoms. The largest absolute Gasteiger partial charge is 0.345 e. The molecule has 1 saturated carbocycles. The molecule has 1 unspecified atom stereocenters. The lowest BCUT2D eigenvalue weighted by Gasteiger charge is -2.43. The molecule has 2 fully saturated rings. The zero-order valence-electron chi connectivity index (χ0n) is 10.8. The lowest BCUT2D eigenvalue weighted by Crippen LogP contribution is -2.55. The monoisotopic (exact) mass is 258 g/mol. The molecule has 3 rings (SSSR count). The van der Waals surface area contributed by atoms with Crippen LogP contribution in [0.5, 0.6) is 0 Å². The van der Waals surface area contributed by atoms with E-state index in [0.29, 0.717) is 12.8 Å². The molecule has 19 heavy (non-hydrogen) atoms. The van der Waals surface area contributed by atoms with E-state index < -0.39 is 0 Å². The van der Waals surface area contributed by atoms with Gasteiger partial charge in [-0.05, 0) is 31.2 Å². The molecule has 0 spiro atoms. The van der Waals surface area contributed by atoms with Crippen molar-refractivity contribution >= 4 is 11.8 Å². The van der Waals surface area contributed by atoms with Crippen LogP contribution >= 0.6 is 0 Å². The van der Waals surface area contributed by atoms with Gasteiger partial charge in [-0.1, -0.05) is 30.3 Å². The summed E-state index contributed by atoms with van der Waals surface area (Å²) in [6.07, 6.45) is 4.14. The lowest BCUT2D eigenvalue weighted by molar-refractivity contribution is -0.128. The molecular weight excluding hydrogens is 240 g/mol. The molecule has 1 atom stereocenters. The van der Waals surface area contributed by atoms with E-state index in [1.165, 1.54) is 5.56 Å². The average molecular weight is 258 g/mol. The van der Waals surface area contributed by atoms with Gasteiger partial charge < -0.3 is 10.6 Å². The zero-order chi connectivity index (χ0) is 13.3. The maximum absolute atomic E-state index is 12.2. The van der Waals surface area contributed by atoms with Gasteiger partial charge in [0.15, 0.2) is 0 Å². The number of hydrogen-bond donors (Lipinski definition) is 2. The average Bonchev–Trinajstić information content (AvgIpc) is 2.81. The summed E-state index contributed by atoms with van der Waals surface area (Å²) in [6, 6.07) is 9.75. The number of nitrogens with one attached hydrogen (secondary N) is 2. The van der Waals surface area contributed by atoms with Crippen LogP contribution in [0.4, 0.5) is 0 Å². The summed E-state index contributed by atoms with van der Waals surface area (Å²) in [5, 5.41) is 5.88. The highest BCUT2D eigenvalue weighted by atomic mass is 16.2. The van der Waals surface area contributed by atoms with Gasteiger partial charge in [-0.3, -0.25) is 9.59 Å². The first-order valence-electron chi connectivity index (χ1n) is 6.87. The van der Waals surface area contributed by atoms with Crippen LogP contribution in [0.15, 0.2) is 30.3 Å². The van der Waals surface area contributed by atoms with Gasteiger partial charge in [0.2, 0.25) is 11.8 Å². The fraction of sp³-hybridized carbons (Fsp3) is 0.467. The molecule has 0 aromatic heterocycles. The quantitative estimate of drug-likeness (QED) is 0.862. The third-order valence-electron chi connectivity index (χ3n) is 4.21. The Labute approximate surface area is 112 Å². The summed E-state index contributed by atoms with van der Waals surface area (Å²) in [6.45, 7) is 0. The molecule has 1 aliphatic carbocycles. The van der Waals surface area contributed by atoms with E-state index in [0.717, 1.165) is 19.3 Å². The molecule has 2 aliphatic rings. The summed E-state index contributed by atoms with van der Waals surface area (Å²) in [7, 11) is 0. The fourth-order valence-electron chi connectivity index (χ4n) is 2.91. The summed E-state index contributed by atoms with van der Waals surface area (Å²) in [5.74, 6) is -0.0723. The first-order chi connectivity index (χ1) is 9.20. The minimum Gasteiger partial charge on any atom is -0.345 e. The predicted octanol–water partition coefficient (Wildman–Crippen LogP) is 1.46. The Hall–Kier alpha value is -1.84. The first kappa shape index (κ1) is 12.2. The molecule has 100 valence electrons. The van der Waals surface area contributed by atoms with Crippen LogP contribution in [-0.2, 0) is 15.1 Å². The van der Waals surface area contributed by atoms with Crippen molar-refractivity contribution in [3.05, 3.63) is 35.9 Å². The van der Waals surface area contributed by atoms with Gasteiger partial charge in [0.25, 0.3) is 0 Å². The summed E-state index contributed by atoms with van der Waals surface area (Å²) in [5.41, 5.74) is 0.949. The Kier molecular flexibility index (Phi) is 3.01. The van der Waals surface area contributed by atoms with Gasteiger partial charge in [-0.2, -0.15) is 0 Å². The smallest absolute Gasteiger partial charge is 0.243 e. The molecular formula is C15H18N2O2. The number of benzene rings is 1. The molecule has 4 nitrogen and oxygen atoms in total. The van der Waals surface area contributed by atoms with Crippen LogP contribution in [0.1, 0.15) is 37.7 Å². The van der Waals surface area contributed by atoms with Crippen molar-refractivity contribution < 1.29 is 9.59 Å². The van der Waals surface area contributed by atoms with Gasteiger partial charge in [0, 0.05) is 6.42 Å². The van der Waals surface area contributed by atoms with Gasteiger partial charge in [-0.25, -0.2) is 0 Å². The number of carbonyl (C=O) groups is 2. The van der Waals surface area contributed by atoms with Crippen molar-refractivity contribution in [2.45, 2.75) is 43.7 Å². The maximum Gasteiger partial charge on any atom is 0.243 e. The van der Waals surface area contributed by atoms with E-state index in [-0.39, 0.29) is 23.4 Å². The highest BCUT2D eigenvalue weighted by Gasteiger charge is 2.41. The van der Waals surface area contributed by atoms with E-state index >= 15 is 0 Å². The molecule has 1 saturated heterocycles. The maximum atomic E-state index is 12.2. The second-order valence-electron chi connectivity index (χ2n) is 5.45. The van der Waals surface area contributed by atoms with Gasteiger partial charge in [0.05, 0.1) is 5.54 Å². The van der Waals surface area contributed by atoms with E-state index in [2.05, 4.69) is 22.8 Å². The van der Waals surface area contributed by atoms with Crippen molar-refractivity contribution in [3.8, 4) is 0 Å². The zero-order valence-corrected chi connectivity index (χ0v) is 10.8. The molecule has 4 heteroatoms. The van der Waals surface area contributed by atoms with E-state index in [1.54, 1.807) is 0 Å². The van der Waals surface area contributed by atoms with Crippen LogP contribution in [-0.4, -0.2) is 17.9 Å². The van der Waals surface area contributed by atoms with Crippen LogP contribution in [0.2, 0.25) is 0 Å². The topological polar surface area (TPSA) is 58.2 Å². The highest BCUT2D eigenvalue weighted by molar-refractivity contribution is 5.91. The van der Waals surface area contributed by atoms with Crippen LogP contribution < -0.4 is 10.6 Å². The van der Waals surface area contributed by atoms with Gasteiger partial charge in [0.1, 0.15) is 6.04 Å². The number of rotatable bonds is 3. The van der Waals surface area contributed by atoms with E-state index in [9.17, 15) is 9.59 Å². The minimum atomic E-state index is -0.353. The predicted molar refractivity (Wildman–Crippen MR) is 71.3 cm³/mol. The van der Waals surface area contributed by atoms with E-state index in [4.69, 9.17) is 0 Å². The van der Waals surface area contributed by atoms with Crippen LogP contribution in [0.25, 0.3) is 0 Å².